The molecule has 1 aliphatic rings. The van der Waals surface area contributed by atoms with Gasteiger partial charge >= 0.3 is 0 Å². The summed E-state index contributed by atoms with van der Waals surface area (Å²) in [5.41, 5.74) is 4.07. The Morgan fingerprint density at radius 3 is 2.35 bits per heavy atom. The van der Waals surface area contributed by atoms with E-state index in [2.05, 4.69) is 39.0 Å². The van der Waals surface area contributed by atoms with Crippen molar-refractivity contribution in [1.82, 2.24) is 4.90 Å². The van der Waals surface area contributed by atoms with Crippen molar-refractivity contribution in [2.45, 2.75) is 53.9 Å². The van der Waals surface area contributed by atoms with E-state index in [1.807, 2.05) is 18.7 Å². The van der Waals surface area contributed by atoms with Crippen molar-refractivity contribution in [3.05, 3.63) is 34.9 Å². The molecule has 0 spiro atoms. The molecular formula is C18H29NO. The van der Waals surface area contributed by atoms with Gasteiger partial charge < -0.3 is 4.90 Å². The molecule has 20 heavy (non-hydrogen) atoms. The highest BCUT2D eigenvalue weighted by Gasteiger charge is 2.27. The predicted octanol–water partition coefficient (Wildman–Crippen LogP) is 4.30. The smallest absolute Gasteiger partial charge is 0.219 e. The quantitative estimate of drug-likeness (QED) is 0.748. The first-order valence-corrected chi connectivity index (χ1v) is 7.80. The van der Waals surface area contributed by atoms with E-state index < -0.39 is 0 Å². The average Bonchev–Trinajstić information content (AvgIpc) is 2.43. The van der Waals surface area contributed by atoms with Crippen LogP contribution < -0.4 is 0 Å². The van der Waals surface area contributed by atoms with Crippen molar-refractivity contribution in [2.24, 2.45) is 5.92 Å². The van der Waals surface area contributed by atoms with Gasteiger partial charge in [0.25, 0.3) is 0 Å². The molecule has 1 aromatic carbocycles. The number of benzene rings is 1. The number of hydrogen-bond acceptors (Lipinski definition) is 1. The Morgan fingerprint density at radius 1 is 1.15 bits per heavy atom. The predicted molar refractivity (Wildman–Crippen MR) is 86.0 cm³/mol. The minimum absolute atomic E-state index is 0.204. The second kappa shape index (κ2) is 7.47. The van der Waals surface area contributed by atoms with Gasteiger partial charge in [0.05, 0.1) is 0 Å². The molecule has 2 nitrogen and oxygen atoms in total. The van der Waals surface area contributed by atoms with Crippen molar-refractivity contribution < 1.29 is 4.79 Å². The lowest BCUT2D eigenvalue weighted by Crippen LogP contribution is -2.41. The summed E-state index contributed by atoms with van der Waals surface area (Å²) in [4.78, 5) is 13.6. The zero-order valence-corrected chi connectivity index (χ0v) is 13.9. The Hall–Kier alpha value is -1.31. The Bertz CT molecular complexity index is 453. The maximum atomic E-state index is 11.6. The molecule has 0 aromatic heterocycles. The minimum atomic E-state index is 0.204. The van der Waals surface area contributed by atoms with Gasteiger partial charge in [-0.05, 0) is 42.9 Å². The van der Waals surface area contributed by atoms with E-state index in [1.54, 1.807) is 6.92 Å². The largest absolute Gasteiger partial charge is 0.342 e. The molecule has 1 heterocycles. The summed E-state index contributed by atoms with van der Waals surface area (Å²) in [5.74, 6) is 1.29. The van der Waals surface area contributed by atoms with Crippen molar-refractivity contribution in [3.63, 3.8) is 0 Å². The maximum Gasteiger partial charge on any atom is 0.219 e. The van der Waals surface area contributed by atoms with Crippen LogP contribution in [-0.4, -0.2) is 23.9 Å². The summed E-state index contributed by atoms with van der Waals surface area (Å²) >= 11 is 0. The SMILES string of the molecule is CC.CC(=O)N1CC(C)CC(c2ccc(C)c(C)c2)C1. The Balaban J connectivity index is 0.000000956. The summed E-state index contributed by atoms with van der Waals surface area (Å²) in [6.07, 6.45) is 1.19. The van der Waals surface area contributed by atoms with Crippen LogP contribution in [-0.2, 0) is 4.79 Å². The normalized spacial score (nSPS) is 22.0. The molecular weight excluding hydrogens is 246 g/mol. The molecule has 1 amide bonds. The van der Waals surface area contributed by atoms with Gasteiger partial charge in [0.1, 0.15) is 0 Å². The van der Waals surface area contributed by atoms with E-state index in [0.717, 1.165) is 13.1 Å². The Kier molecular flexibility index (Phi) is 6.25. The Morgan fingerprint density at radius 2 is 1.80 bits per heavy atom. The number of amides is 1. The standard InChI is InChI=1S/C16H23NO.C2H6/c1-11-7-16(10-17(9-11)14(4)18)15-6-5-12(2)13(3)8-15;1-2/h5-6,8,11,16H,7,9-10H2,1-4H3;1-2H3. The highest BCUT2D eigenvalue weighted by atomic mass is 16.2. The monoisotopic (exact) mass is 275 g/mol. The molecule has 0 N–H and O–H groups in total. The van der Waals surface area contributed by atoms with Gasteiger partial charge in [-0.25, -0.2) is 0 Å². The van der Waals surface area contributed by atoms with Crippen LogP contribution in [0, 0.1) is 19.8 Å². The average molecular weight is 275 g/mol. The summed E-state index contributed by atoms with van der Waals surface area (Å²) in [7, 11) is 0. The van der Waals surface area contributed by atoms with Crippen LogP contribution >= 0.6 is 0 Å². The van der Waals surface area contributed by atoms with E-state index in [1.165, 1.54) is 23.1 Å². The first-order chi connectivity index (χ1) is 9.47. The lowest BCUT2D eigenvalue weighted by Gasteiger charge is -2.36. The number of piperidine rings is 1. The molecule has 2 heteroatoms. The molecule has 0 saturated carbocycles. The molecule has 1 aromatic rings. The van der Waals surface area contributed by atoms with Crippen molar-refractivity contribution >= 4 is 5.91 Å². The topological polar surface area (TPSA) is 20.3 Å². The van der Waals surface area contributed by atoms with Crippen LogP contribution in [0.15, 0.2) is 18.2 Å². The molecule has 1 fully saturated rings. The minimum Gasteiger partial charge on any atom is -0.342 e. The van der Waals surface area contributed by atoms with E-state index in [0.29, 0.717) is 11.8 Å². The number of rotatable bonds is 1. The number of nitrogens with zero attached hydrogens (tertiary/aromatic N) is 1. The number of hydrogen-bond donors (Lipinski definition) is 0. The van der Waals surface area contributed by atoms with Gasteiger partial charge in [-0.2, -0.15) is 0 Å². The molecule has 0 radical (unpaired) electrons. The fraction of sp³-hybridized carbons (Fsp3) is 0.611. The van der Waals surface area contributed by atoms with Gasteiger partial charge in [0, 0.05) is 25.9 Å². The first kappa shape index (κ1) is 16.7. The Labute approximate surface area is 124 Å². The van der Waals surface area contributed by atoms with E-state index in [4.69, 9.17) is 0 Å². The summed E-state index contributed by atoms with van der Waals surface area (Å²) < 4.78 is 0. The van der Waals surface area contributed by atoms with Crippen LogP contribution in [0.4, 0.5) is 0 Å². The zero-order valence-electron chi connectivity index (χ0n) is 13.9. The van der Waals surface area contributed by atoms with Crippen LogP contribution in [0.5, 0.6) is 0 Å². The van der Waals surface area contributed by atoms with Gasteiger partial charge in [-0.15, -0.1) is 0 Å². The molecule has 0 bridgehead atoms. The van der Waals surface area contributed by atoms with Crippen molar-refractivity contribution in [2.75, 3.05) is 13.1 Å². The molecule has 1 saturated heterocycles. The van der Waals surface area contributed by atoms with Gasteiger partial charge in [0.15, 0.2) is 0 Å². The number of aryl methyl sites for hydroxylation is 2. The van der Waals surface area contributed by atoms with Crippen LogP contribution in [0.1, 0.15) is 56.7 Å². The summed E-state index contributed by atoms with van der Waals surface area (Å²) in [6, 6.07) is 6.71. The van der Waals surface area contributed by atoms with Gasteiger partial charge in [-0.1, -0.05) is 39.0 Å². The number of carbonyl (C=O) groups is 1. The highest BCUT2D eigenvalue weighted by molar-refractivity contribution is 5.73. The van der Waals surface area contributed by atoms with E-state index >= 15 is 0 Å². The lowest BCUT2D eigenvalue weighted by atomic mass is 9.84. The number of carbonyl (C=O) groups excluding carboxylic acids is 1. The first-order valence-electron chi connectivity index (χ1n) is 7.80. The molecule has 112 valence electrons. The highest BCUT2D eigenvalue weighted by Crippen LogP contribution is 2.31. The molecule has 2 rings (SSSR count). The summed E-state index contributed by atoms with van der Waals surface area (Å²) in [6.45, 7) is 14.0. The van der Waals surface area contributed by atoms with Crippen LogP contribution in [0.25, 0.3) is 0 Å². The van der Waals surface area contributed by atoms with Crippen molar-refractivity contribution in [3.8, 4) is 0 Å². The van der Waals surface area contributed by atoms with E-state index in [9.17, 15) is 4.79 Å². The fourth-order valence-corrected chi connectivity index (χ4v) is 2.87. The molecule has 2 unspecified atom stereocenters. The van der Waals surface area contributed by atoms with Crippen LogP contribution in [0.2, 0.25) is 0 Å². The molecule has 2 atom stereocenters. The zero-order chi connectivity index (χ0) is 15.3. The number of likely N-dealkylation sites (tertiary alicyclic amines) is 1. The third kappa shape index (κ3) is 4.09. The fourth-order valence-electron chi connectivity index (χ4n) is 2.87. The second-order valence-corrected chi connectivity index (χ2v) is 5.81. The van der Waals surface area contributed by atoms with Gasteiger partial charge in [0.2, 0.25) is 5.91 Å². The summed E-state index contributed by atoms with van der Waals surface area (Å²) in [5, 5.41) is 0. The van der Waals surface area contributed by atoms with Crippen molar-refractivity contribution in [1.29, 1.82) is 0 Å². The molecule has 0 aliphatic carbocycles. The second-order valence-electron chi connectivity index (χ2n) is 5.81. The third-order valence-electron chi connectivity index (χ3n) is 4.11. The maximum absolute atomic E-state index is 11.6. The lowest BCUT2D eigenvalue weighted by molar-refractivity contribution is -0.130. The van der Waals surface area contributed by atoms with E-state index in [-0.39, 0.29) is 5.91 Å². The third-order valence-corrected chi connectivity index (χ3v) is 4.11. The van der Waals surface area contributed by atoms with Crippen LogP contribution in [0.3, 0.4) is 0 Å². The molecule has 1 aliphatic heterocycles. The van der Waals surface area contributed by atoms with Gasteiger partial charge in [-0.3, -0.25) is 4.79 Å².